The van der Waals surface area contributed by atoms with Crippen molar-refractivity contribution in [2.24, 2.45) is 0 Å². The number of rotatable bonds is 1. The standard InChI is InChI=1S/C5H3S.CH3.4W/c1-5-2-3-6-4-5;;;;;/h1-3H;1H3;;;;/q2*-1;;;;. The molecule has 0 unspecified atom stereocenters. The van der Waals surface area contributed by atoms with Crippen LogP contribution in [0, 0.1) is 12.8 Å². The van der Waals surface area contributed by atoms with Crippen LogP contribution in [0.15, 0.2) is 11.4 Å². The van der Waals surface area contributed by atoms with Gasteiger partial charge in [-0.15, -0.1) is 0 Å². The van der Waals surface area contributed by atoms with Gasteiger partial charge in [-0.05, 0) is 0 Å². The molecule has 0 aromatic carbocycles. The zero-order valence-corrected chi connectivity index (χ0v) is 18.3. The van der Waals surface area contributed by atoms with Crippen molar-refractivity contribution in [1.82, 2.24) is 0 Å². The van der Waals surface area contributed by atoms with E-state index in [-0.39, 0.29) is 70.6 Å². The van der Waals surface area contributed by atoms with Crippen molar-refractivity contribution < 1.29 is 82.5 Å². The third-order valence-electron chi connectivity index (χ3n) is 0.619. The second-order valence-electron chi connectivity index (χ2n) is 1.10. The Bertz CT molecular complexity index is 150. The van der Waals surface area contributed by atoms with Gasteiger partial charge in [0.15, 0.2) is 0 Å². The first-order valence-electron chi connectivity index (χ1n) is 1.84. The molecule has 5 heteroatoms. The van der Waals surface area contributed by atoms with Crippen molar-refractivity contribution in [2.75, 3.05) is 0 Å². The van der Waals surface area contributed by atoms with Gasteiger partial charge in [-0.3, -0.25) is 0 Å². The van der Waals surface area contributed by atoms with Crippen molar-refractivity contribution in [1.29, 1.82) is 0 Å². The molecule has 62 valence electrons. The normalized spacial score (nSPS) is 5.45. The molecule has 1 aromatic heterocycles. The predicted molar refractivity (Wildman–Crippen MR) is 34.7 cm³/mol. The topological polar surface area (TPSA) is 0 Å². The van der Waals surface area contributed by atoms with E-state index in [9.17, 15) is 0 Å². The van der Waals surface area contributed by atoms with Gasteiger partial charge in [-0.2, -0.15) is 0 Å². The van der Waals surface area contributed by atoms with E-state index < -0.39 is 0 Å². The molecule has 0 nitrogen and oxygen atoms in total. The van der Waals surface area contributed by atoms with Crippen LogP contribution in [-0.2, 0) is 82.5 Å². The van der Waals surface area contributed by atoms with Crippen LogP contribution in [-0.4, -0.2) is 4.40 Å². The first-order valence-corrected chi connectivity index (χ1v) is 4.41. The SMILES string of the molecule is [CH3-].[W].[W].[W].[W]=[CH]c1[c-]scc1. The quantitative estimate of drug-likeness (QED) is 0.379. The van der Waals surface area contributed by atoms with Gasteiger partial charge in [0.1, 0.15) is 0 Å². The molecular weight excluding hydrogens is 839 g/mol. The first-order chi connectivity index (χ1) is 3.43. The molecule has 0 aliphatic carbocycles. The molecule has 0 N–H and O–H groups in total. The van der Waals surface area contributed by atoms with Crippen LogP contribution in [0.25, 0.3) is 0 Å². The Morgan fingerprint density at radius 2 is 1.91 bits per heavy atom. The molecule has 0 amide bonds. The fourth-order valence-corrected chi connectivity index (χ4v) is 1.64. The molecule has 0 saturated carbocycles. The summed E-state index contributed by atoms with van der Waals surface area (Å²) in [5, 5.41) is 5.13. The summed E-state index contributed by atoms with van der Waals surface area (Å²) >= 11 is 3.11. The third-order valence-corrected chi connectivity index (χ3v) is 2.16. The van der Waals surface area contributed by atoms with E-state index in [0.29, 0.717) is 0 Å². The van der Waals surface area contributed by atoms with E-state index in [1.807, 2.05) is 5.38 Å². The average molecular weight is 846 g/mol. The van der Waals surface area contributed by atoms with E-state index in [4.69, 9.17) is 0 Å². The minimum absolute atomic E-state index is 0. The summed E-state index contributed by atoms with van der Waals surface area (Å²) in [4.78, 5) is 0. The van der Waals surface area contributed by atoms with Gasteiger partial charge in [0.2, 0.25) is 0 Å². The Labute approximate surface area is 126 Å². The van der Waals surface area contributed by atoms with Gasteiger partial charge in [0, 0.05) is 63.2 Å². The Morgan fingerprint density at radius 1 is 1.36 bits per heavy atom. The molecule has 0 atom stereocenters. The molecule has 0 aliphatic heterocycles. The van der Waals surface area contributed by atoms with Crippen LogP contribution >= 0.6 is 11.3 Å². The van der Waals surface area contributed by atoms with E-state index in [1.165, 1.54) is 24.9 Å². The predicted octanol–water partition coefficient (Wildman–Crippen LogP) is 1.69. The summed E-state index contributed by atoms with van der Waals surface area (Å²) in [5.41, 5.74) is 1.24. The van der Waals surface area contributed by atoms with Gasteiger partial charge in [-0.1, -0.05) is 0 Å². The van der Waals surface area contributed by atoms with E-state index >= 15 is 0 Å². The van der Waals surface area contributed by atoms with Crippen molar-refractivity contribution in [2.45, 2.75) is 0 Å². The summed E-state index contributed by atoms with van der Waals surface area (Å²) in [7, 11) is 0. The van der Waals surface area contributed by atoms with Crippen molar-refractivity contribution in [3.05, 3.63) is 29.8 Å². The molecule has 0 fully saturated rings. The maximum absolute atomic E-state index is 3.09. The summed E-state index contributed by atoms with van der Waals surface area (Å²) in [6.07, 6.45) is 0. The van der Waals surface area contributed by atoms with E-state index in [2.05, 4.69) is 15.8 Å². The molecule has 1 heterocycles. The summed E-state index contributed by atoms with van der Waals surface area (Å²) < 4.78 is 2.12. The Morgan fingerprint density at radius 3 is 2.09 bits per heavy atom. The zero-order chi connectivity index (χ0) is 5.11. The molecule has 0 aliphatic rings. The van der Waals surface area contributed by atoms with Crippen LogP contribution < -0.4 is 0 Å². The van der Waals surface area contributed by atoms with E-state index in [0.717, 1.165) is 0 Å². The molecule has 1 rings (SSSR count). The Balaban J connectivity index is -0.0000000612. The van der Waals surface area contributed by atoms with Gasteiger partial charge in [0.05, 0.1) is 0 Å². The molecule has 0 bridgehead atoms. The van der Waals surface area contributed by atoms with Gasteiger partial charge in [-0.25, -0.2) is 0 Å². The zero-order valence-electron chi connectivity index (χ0n) is 5.77. The third kappa shape index (κ3) is 10.2. The maximum atomic E-state index is 3.09. The number of thiophene rings is 1. The van der Waals surface area contributed by atoms with Gasteiger partial charge >= 0.3 is 57.5 Å². The number of hydrogen-bond acceptors (Lipinski definition) is 1. The van der Waals surface area contributed by atoms with Crippen LogP contribution in [0.1, 0.15) is 5.56 Å². The van der Waals surface area contributed by atoms with Crippen LogP contribution in [0.2, 0.25) is 0 Å². The fourth-order valence-electron chi connectivity index (χ4n) is 0.307. The van der Waals surface area contributed by atoms with Crippen molar-refractivity contribution >= 4 is 15.7 Å². The van der Waals surface area contributed by atoms with Crippen molar-refractivity contribution in [3.8, 4) is 0 Å². The second kappa shape index (κ2) is 14.8. The number of hydrogen-bond donors (Lipinski definition) is 0. The summed E-state index contributed by atoms with van der Waals surface area (Å²) in [6, 6.07) is 2.07. The Kier molecular flexibility index (Phi) is 31.4. The minimum atomic E-state index is 0. The summed E-state index contributed by atoms with van der Waals surface area (Å²) in [6.45, 7) is 0. The molecular formula is C6H6SW4-2. The first kappa shape index (κ1) is 23.3. The van der Waals surface area contributed by atoms with Gasteiger partial charge in [0.25, 0.3) is 0 Å². The molecule has 0 saturated heterocycles. The van der Waals surface area contributed by atoms with Crippen LogP contribution in [0.4, 0.5) is 0 Å². The fraction of sp³-hybridized carbons (Fsp3) is 0. The van der Waals surface area contributed by atoms with Crippen LogP contribution in [0.3, 0.4) is 0 Å². The molecule has 0 spiro atoms. The second-order valence-corrected chi connectivity index (χ2v) is 2.65. The van der Waals surface area contributed by atoms with Crippen molar-refractivity contribution in [3.63, 3.8) is 0 Å². The molecule has 0 radical (unpaired) electrons. The average Bonchev–Trinajstić information content (AvgIpc) is 2.14. The molecule has 1 aromatic rings. The van der Waals surface area contributed by atoms with Gasteiger partial charge < -0.3 is 7.43 Å². The molecule has 11 heavy (non-hydrogen) atoms. The van der Waals surface area contributed by atoms with E-state index in [1.54, 1.807) is 11.3 Å². The Hall–Kier alpha value is 2.32. The summed E-state index contributed by atoms with van der Waals surface area (Å²) in [5.74, 6) is 0. The van der Waals surface area contributed by atoms with Crippen LogP contribution in [0.5, 0.6) is 0 Å². The monoisotopic (exact) mass is 846 g/mol.